The van der Waals surface area contributed by atoms with Gasteiger partial charge in [0.1, 0.15) is 18.0 Å². The summed E-state index contributed by atoms with van der Waals surface area (Å²) in [5, 5.41) is 27.2. The van der Waals surface area contributed by atoms with Gasteiger partial charge in [-0.25, -0.2) is 0 Å². The Morgan fingerprint density at radius 3 is 2.14 bits per heavy atom. The van der Waals surface area contributed by atoms with Gasteiger partial charge in [-0.2, -0.15) is 0 Å². The van der Waals surface area contributed by atoms with E-state index in [0.717, 1.165) is 10.1 Å². The molecule has 2 aromatic carbocycles. The largest absolute Gasteiger partial charge is 0.758 e. The van der Waals surface area contributed by atoms with Gasteiger partial charge < -0.3 is 25.3 Å². The zero-order chi connectivity index (χ0) is 15.9. The van der Waals surface area contributed by atoms with Gasteiger partial charge in [0.15, 0.2) is 0 Å². The lowest BCUT2D eigenvalue weighted by molar-refractivity contribution is 0.327. The minimum absolute atomic E-state index is 0.136. The molecule has 0 saturated carbocycles. The van der Waals surface area contributed by atoms with E-state index in [2.05, 4.69) is 5.18 Å². The van der Waals surface area contributed by atoms with Gasteiger partial charge in [0.2, 0.25) is 0 Å². The molecule has 0 radical (unpaired) electrons. The summed E-state index contributed by atoms with van der Waals surface area (Å²) in [6, 6.07) is 12.6. The Labute approximate surface area is 127 Å². The Balaban J connectivity index is 1.83. The van der Waals surface area contributed by atoms with E-state index in [0.29, 0.717) is 17.1 Å². The lowest BCUT2D eigenvalue weighted by Crippen LogP contribution is -2.21. The molecule has 0 N–H and O–H groups in total. The second-order valence-electron chi connectivity index (χ2n) is 4.55. The molecule has 0 aliphatic heterocycles. The highest BCUT2D eigenvalue weighted by Crippen LogP contribution is 2.20. The molecule has 0 atom stereocenters. The summed E-state index contributed by atoms with van der Waals surface area (Å²) < 4.78 is 5.45. The first-order valence-electron chi connectivity index (χ1n) is 6.62. The molecule has 0 heterocycles. The number of ether oxygens (including phenoxy) is 1. The van der Waals surface area contributed by atoms with Gasteiger partial charge in [0.05, 0.1) is 0 Å². The van der Waals surface area contributed by atoms with Gasteiger partial charge in [-0.05, 0) is 60.8 Å². The Morgan fingerprint density at radius 2 is 1.59 bits per heavy atom. The molecule has 7 nitrogen and oxygen atoms in total. The molecule has 0 aromatic heterocycles. The second kappa shape index (κ2) is 7.39. The number of rotatable bonds is 7. The molecular weight excluding hydrogens is 286 g/mol. The number of hydroxylamine groups is 2. The number of anilines is 2. The van der Waals surface area contributed by atoms with Crippen LogP contribution in [0.25, 0.3) is 0 Å². The fraction of sp³-hybridized carbons (Fsp3) is 0.200. The average molecular weight is 301 g/mol. The van der Waals surface area contributed by atoms with Crippen LogP contribution in [0.5, 0.6) is 5.75 Å². The number of benzene rings is 2. The van der Waals surface area contributed by atoms with E-state index < -0.39 is 0 Å². The zero-order valence-corrected chi connectivity index (χ0v) is 12.0. The maximum atomic E-state index is 11.9. The number of hydrogen-bond acceptors (Lipinski definition) is 7. The molecule has 2 rings (SSSR count). The monoisotopic (exact) mass is 301 g/mol. The molecule has 2 aromatic rings. The first-order valence-corrected chi connectivity index (χ1v) is 6.62. The van der Waals surface area contributed by atoms with Crippen LogP contribution in [0.4, 0.5) is 17.1 Å². The van der Waals surface area contributed by atoms with E-state index in [1.165, 1.54) is 31.3 Å². The molecule has 7 heteroatoms. The fourth-order valence-corrected chi connectivity index (χ4v) is 1.81. The van der Waals surface area contributed by atoms with E-state index >= 15 is 0 Å². The summed E-state index contributed by atoms with van der Waals surface area (Å²) in [6.07, 6.45) is 0. The Morgan fingerprint density at radius 1 is 1.00 bits per heavy atom. The molecule has 0 unspecified atom stereocenters. The summed E-state index contributed by atoms with van der Waals surface area (Å²) in [4.78, 5) is 10.3. The predicted molar refractivity (Wildman–Crippen MR) is 86.3 cm³/mol. The highest BCUT2D eigenvalue weighted by Gasteiger charge is 1.99. The second-order valence-corrected chi connectivity index (χ2v) is 4.55. The molecule has 0 aliphatic rings. The van der Waals surface area contributed by atoms with Crippen molar-refractivity contribution < 1.29 is 4.74 Å². The SMILES string of the molecule is CN([O-])c1ccc(OCCN([O-])c2ccc(N=O)cc2)cc1. The standard InChI is InChI=1S/C15H15N3O4/c1-17(20)13-6-8-15(9-7-13)22-11-10-18(21)14-4-2-12(16-19)3-5-14/h2-9H,10-11H2,1H3/q-2. The minimum atomic E-state index is 0.136. The molecule has 0 aliphatic carbocycles. The van der Waals surface area contributed by atoms with Crippen molar-refractivity contribution >= 4 is 17.1 Å². The van der Waals surface area contributed by atoms with E-state index in [1.54, 1.807) is 24.3 Å². The van der Waals surface area contributed by atoms with Crippen LogP contribution >= 0.6 is 0 Å². The molecule has 0 bridgehead atoms. The summed E-state index contributed by atoms with van der Waals surface area (Å²) >= 11 is 0. The maximum absolute atomic E-state index is 11.9. The van der Waals surface area contributed by atoms with Crippen molar-refractivity contribution in [2.45, 2.75) is 0 Å². The molecule has 0 amide bonds. The summed E-state index contributed by atoms with van der Waals surface area (Å²) in [7, 11) is 1.41. The van der Waals surface area contributed by atoms with Crippen LogP contribution in [0.15, 0.2) is 53.7 Å². The molecule has 0 spiro atoms. The lowest BCUT2D eigenvalue weighted by atomic mass is 10.3. The van der Waals surface area contributed by atoms with Gasteiger partial charge in [-0.15, -0.1) is 4.91 Å². The highest BCUT2D eigenvalue weighted by molar-refractivity contribution is 5.53. The van der Waals surface area contributed by atoms with Crippen molar-refractivity contribution in [1.82, 2.24) is 0 Å². The third-order valence-corrected chi connectivity index (χ3v) is 3.01. The summed E-state index contributed by atoms with van der Waals surface area (Å²) in [5.41, 5.74) is 1.23. The molecule has 116 valence electrons. The highest BCUT2D eigenvalue weighted by atomic mass is 16.5. The van der Waals surface area contributed by atoms with Crippen LogP contribution in [0.2, 0.25) is 0 Å². The van der Waals surface area contributed by atoms with E-state index in [1.807, 2.05) is 0 Å². The molecule has 0 fully saturated rings. The quantitative estimate of drug-likeness (QED) is 0.575. The number of hydrogen-bond donors (Lipinski definition) is 0. The zero-order valence-electron chi connectivity index (χ0n) is 12.0. The maximum Gasteiger partial charge on any atom is 0.119 e. The van der Waals surface area contributed by atoms with Crippen LogP contribution in [0, 0.1) is 15.3 Å². The van der Waals surface area contributed by atoms with Crippen molar-refractivity contribution in [3.8, 4) is 5.75 Å². The Kier molecular flexibility index (Phi) is 5.29. The van der Waals surface area contributed by atoms with Crippen LogP contribution in [-0.4, -0.2) is 20.2 Å². The predicted octanol–water partition coefficient (Wildman–Crippen LogP) is 3.40. The molecule has 22 heavy (non-hydrogen) atoms. The van der Waals surface area contributed by atoms with Crippen LogP contribution in [0.1, 0.15) is 0 Å². The third kappa shape index (κ3) is 4.18. The fourth-order valence-electron chi connectivity index (χ4n) is 1.81. The molecule has 0 saturated heterocycles. The van der Waals surface area contributed by atoms with Gasteiger partial charge in [-0.1, -0.05) is 0 Å². The van der Waals surface area contributed by atoms with Gasteiger partial charge >= 0.3 is 0 Å². The van der Waals surface area contributed by atoms with E-state index in [4.69, 9.17) is 4.74 Å². The number of nitrogens with zero attached hydrogens (tertiary/aromatic N) is 3. The number of nitroso groups, excluding NO2 is 1. The minimum Gasteiger partial charge on any atom is -0.758 e. The first kappa shape index (κ1) is 15.7. The van der Waals surface area contributed by atoms with Gasteiger partial charge in [0, 0.05) is 17.9 Å². The van der Waals surface area contributed by atoms with Crippen LogP contribution < -0.4 is 14.9 Å². The van der Waals surface area contributed by atoms with E-state index in [-0.39, 0.29) is 18.8 Å². The van der Waals surface area contributed by atoms with E-state index in [9.17, 15) is 15.3 Å². The van der Waals surface area contributed by atoms with Crippen molar-refractivity contribution in [2.24, 2.45) is 5.18 Å². The summed E-state index contributed by atoms with van der Waals surface area (Å²) in [5.74, 6) is 0.583. The smallest absolute Gasteiger partial charge is 0.119 e. The van der Waals surface area contributed by atoms with Crippen molar-refractivity contribution in [1.29, 1.82) is 0 Å². The topological polar surface area (TPSA) is 91.3 Å². The average Bonchev–Trinajstić information content (AvgIpc) is 2.55. The van der Waals surface area contributed by atoms with Crippen molar-refractivity contribution in [3.05, 3.63) is 63.9 Å². The normalized spacial score (nSPS) is 10.1. The first-order chi connectivity index (χ1) is 10.6. The summed E-state index contributed by atoms with van der Waals surface area (Å²) in [6.45, 7) is 0.334. The van der Waals surface area contributed by atoms with Gasteiger partial charge in [0.25, 0.3) is 0 Å². The van der Waals surface area contributed by atoms with Crippen LogP contribution in [-0.2, 0) is 0 Å². The van der Waals surface area contributed by atoms with Crippen molar-refractivity contribution in [2.75, 3.05) is 30.3 Å². The lowest BCUT2D eigenvalue weighted by Gasteiger charge is -2.30. The Hall–Kier alpha value is -2.64. The van der Waals surface area contributed by atoms with Gasteiger partial charge in [-0.3, -0.25) is 0 Å². The van der Waals surface area contributed by atoms with Crippen LogP contribution in [0.3, 0.4) is 0 Å². The molecular formula is C15H15N3O4-2. The third-order valence-electron chi connectivity index (χ3n) is 3.01. The Bertz CT molecular complexity index is 599. The van der Waals surface area contributed by atoms with Crippen molar-refractivity contribution in [3.63, 3.8) is 0 Å².